The Morgan fingerprint density at radius 1 is 1.33 bits per heavy atom. The van der Waals surface area contributed by atoms with Crippen LogP contribution in [0.4, 0.5) is 0 Å². The Morgan fingerprint density at radius 2 is 2.06 bits per heavy atom. The summed E-state index contributed by atoms with van der Waals surface area (Å²) in [7, 11) is 1.67. The minimum Gasteiger partial charge on any atom is -0.496 e. The maximum atomic E-state index is 6.02. The minimum absolute atomic E-state index is 0.250. The second kappa shape index (κ2) is 7.62. The highest BCUT2D eigenvalue weighted by Crippen LogP contribution is 2.24. The predicted octanol–water partition coefficient (Wildman–Crippen LogP) is 3.16. The number of methoxy groups -OCH3 is 1. The summed E-state index contributed by atoms with van der Waals surface area (Å²) in [4.78, 5) is 0. The molecule has 0 aliphatic carbocycles. The third kappa shape index (κ3) is 4.84. The number of hydrogen-bond acceptors (Lipinski definition) is 3. The van der Waals surface area contributed by atoms with Gasteiger partial charge in [-0.25, -0.2) is 0 Å². The maximum absolute atomic E-state index is 6.02. The van der Waals surface area contributed by atoms with Gasteiger partial charge in [0.25, 0.3) is 0 Å². The summed E-state index contributed by atoms with van der Waals surface area (Å²) >= 11 is 6.02. The maximum Gasteiger partial charge on any atom is 0.122 e. The zero-order chi connectivity index (χ0) is 13.5. The molecule has 0 saturated heterocycles. The van der Waals surface area contributed by atoms with Gasteiger partial charge in [0.2, 0.25) is 0 Å². The van der Waals surface area contributed by atoms with Gasteiger partial charge in [0.05, 0.1) is 7.11 Å². The third-order valence-electron chi connectivity index (χ3n) is 3.04. The molecule has 1 aromatic rings. The van der Waals surface area contributed by atoms with Crippen LogP contribution in [-0.2, 0) is 6.42 Å². The predicted molar refractivity (Wildman–Crippen MR) is 76.9 cm³/mol. The van der Waals surface area contributed by atoms with Crippen molar-refractivity contribution >= 4 is 11.6 Å². The lowest BCUT2D eigenvalue weighted by Crippen LogP contribution is -2.37. The van der Waals surface area contributed by atoms with Crippen molar-refractivity contribution in [3.63, 3.8) is 0 Å². The molecule has 0 aromatic heterocycles. The van der Waals surface area contributed by atoms with Crippen LogP contribution in [0.15, 0.2) is 18.2 Å². The Morgan fingerprint density at radius 3 is 2.61 bits per heavy atom. The number of nitrogens with two attached hydrogens (primary N) is 1. The Labute approximate surface area is 115 Å². The molecular formula is C14H23ClN2O. The number of halogens is 1. The highest BCUT2D eigenvalue weighted by Gasteiger charge is 2.12. The molecule has 0 bridgehead atoms. The highest BCUT2D eigenvalue weighted by atomic mass is 35.5. The lowest BCUT2D eigenvalue weighted by molar-refractivity contribution is 0.397. The fourth-order valence-electron chi connectivity index (χ4n) is 1.95. The molecule has 0 aliphatic rings. The number of nitrogens with one attached hydrogen (secondary N) is 1. The molecule has 0 amide bonds. The Bertz CT molecular complexity index is 369. The monoisotopic (exact) mass is 270 g/mol. The van der Waals surface area contributed by atoms with Crippen molar-refractivity contribution in [3.05, 3.63) is 28.8 Å². The van der Waals surface area contributed by atoms with Gasteiger partial charge in [0, 0.05) is 11.1 Å². The van der Waals surface area contributed by atoms with Gasteiger partial charge in [-0.3, -0.25) is 11.3 Å². The van der Waals surface area contributed by atoms with Gasteiger partial charge in [-0.1, -0.05) is 25.4 Å². The van der Waals surface area contributed by atoms with E-state index in [2.05, 4.69) is 19.3 Å². The van der Waals surface area contributed by atoms with Gasteiger partial charge in [0.15, 0.2) is 0 Å². The van der Waals surface area contributed by atoms with Crippen molar-refractivity contribution in [2.75, 3.05) is 7.11 Å². The molecule has 102 valence electrons. The van der Waals surface area contributed by atoms with Crippen LogP contribution in [0.5, 0.6) is 5.75 Å². The smallest absolute Gasteiger partial charge is 0.122 e. The summed E-state index contributed by atoms with van der Waals surface area (Å²) in [6, 6.07) is 5.93. The molecule has 1 rings (SSSR count). The van der Waals surface area contributed by atoms with Gasteiger partial charge in [-0.15, -0.1) is 0 Å². The van der Waals surface area contributed by atoms with Gasteiger partial charge in [0.1, 0.15) is 5.75 Å². The molecule has 1 aromatic carbocycles. The van der Waals surface area contributed by atoms with Crippen LogP contribution in [0, 0.1) is 5.92 Å². The van der Waals surface area contributed by atoms with Crippen molar-refractivity contribution in [2.24, 2.45) is 11.8 Å². The van der Waals surface area contributed by atoms with E-state index in [9.17, 15) is 0 Å². The summed E-state index contributed by atoms with van der Waals surface area (Å²) in [6.45, 7) is 4.43. The normalized spacial score (nSPS) is 12.8. The van der Waals surface area contributed by atoms with Crippen molar-refractivity contribution in [2.45, 2.75) is 39.2 Å². The zero-order valence-electron chi connectivity index (χ0n) is 11.4. The summed E-state index contributed by atoms with van der Waals surface area (Å²) in [5.41, 5.74) is 3.97. The van der Waals surface area contributed by atoms with Gasteiger partial charge in [-0.05, 0) is 48.9 Å². The third-order valence-corrected chi connectivity index (χ3v) is 3.27. The van der Waals surface area contributed by atoms with E-state index in [1.807, 2.05) is 18.2 Å². The van der Waals surface area contributed by atoms with Gasteiger partial charge in [-0.2, -0.15) is 0 Å². The van der Waals surface area contributed by atoms with Crippen molar-refractivity contribution in [1.82, 2.24) is 5.43 Å². The first-order valence-corrected chi connectivity index (χ1v) is 6.73. The first-order valence-electron chi connectivity index (χ1n) is 6.35. The molecule has 1 atom stereocenters. The number of hydrogen-bond donors (Lipinski definition) is 2. The molecule has 18 heavy (non-hydrogen) atoms. The molecule has 4 heteroatoms. The second-order valence-corrected chi connectivity index (χ2v) is 5.43. The Hall–Kier alpha value is -0.770. The fourth-order valence-corrected chi connectivity index (χ4v) is 2.15. The summed E-state index contributed by atoms with van der Waals surface area (Å²) in [5.74, 6) is 7.16. The lowest BCUT2D eigenvalue weighted by atomic mass is 9.98. The average molecular weight is 271 g/mol. The van der Waals surface area contributed by atoms with Crippen molar-refractivity contribution in [3.8, 4) is 5.75 Å². The Balaban J connectivity index is 2.71. The van der Waals surface area contributed by atoms with E-state index in [4.69, 9.17) is 22.2 Å². The summed E-state index contributed by atoms with van der Waals surface area (Å²) in [6.07, 6.45) is 3.02. The number of hydrazine groups is 1. The highest BCUT2D eigenvalue weighted by molar-refractivity contribution is 6.30. The van der Waals surface area contributed by atoms with Crippen LogP contribution in [0.2, 0.25) is 5.02 Å². The molecule has 0 spiro atoms. The van der Waals surface area contributed by atoms with E-state index in [-0.39, 0.29) is 6.04 Å². The molecule has 0 heterocycles. The molecule has 3 nitrogen and oxygen atoms in total. The molecular weight excluding hydrogens is 248 g/mol. The van der Waals surface area contributed by atoms with Crippen molar-refractivity contribution < 1.29 is 4.74 Å². The molecule has 0 radical (unpaired) electrons. The van der Waals surface area contributed by atoms with Crippen LogP contribution in [-0.4, -0.2) is 13.2 Å². The summed E-state index contributed by atoms with van der Waals surface area (Å²) < 4.78 is 5.34. The van der Waals surface area contributed by atoms with E-state index < -0.39 is 0 Å². The quantitative estimate of drug-likeness (QED) is 0.591. The first kappa shape index (κ1) is 15.3. The number of ether oxygens (including phenoxy) is 1. The summed E-state index contributed by atoms with van der Waals surface area (Å²) in [5, 5.41) is 0.727. The minimum atomic E-state index is 0.250. The second-order valence-electron chi connectivity index (χ2n) is 5.00. The number of rotatable bonds is 7. The Kier molecular flexibility index (Phi) is 6.47. The molecule has 1 unspecified atom stereocenters. The van der Waals surface area contributed by atoms with Crippen LogP contribution in [0.25, 0.3) is 0 Å². The van der Waals surface area contributed by atoms with E-state index >= 15 is 0 Å². The van der Waals surface area contributed by atoms with Gasteiger partial charge < -0.3 is 4.74 Å². The largest absolute Gasteiger partial charge is 0.496 e. The van der Waals surface area contributed by atoms with E-state index in [1.54, 1.807) is 7.11 Å². The topological polar surface area (TPSA) is 47.3 Å². The van der Waals surface area contributed by atoms with Crippen LogP contribution >= 0.6 is 11.6 Å². The average Bonchev–Trinajstić information content (AvgIpc) is 2.34. The van der Waals surface area contributed by atoms with Gasteiger partial charge >= 0.3 is 0 Å². The van der Waals surface area contributed by atoms with Crippen LogP contribution < -0.4 is 16.0 Å². The van der Waals surface area contributed by atoms with E-state index in [0.29, 0.717) is 5.92 Å². The zero-order valence-corrected chi connectivity index (χ0v) is 12.1. The van der Waals surface area contributed by atoms with Crippen LogP contribution in [0.1, 0.15) is 32.3 Å². The van der Waals surface area contributed by atoms with Crippen LogP contribution in [0.3, 0.4) is 0 Å². The standard InChI is InChI=1S/C14H23ClN2O/c1-10(2)4-6-13(17-16)9-11-8-12(15)5-7-14(11)18-3/h5,7-8,10,13,17H,4,6,9,16H2,1-3H3. The SMILES string of the molecule is COc1ccc(Cl)cc1CC(CCC(C)C)NN. The number of benzene rings is 1. The van der Waals surface area contributed by atoms with E-state index in [1.165, 1.54) is 0 Å². The lowest BCUT2D eigenvalue weighted by Gasteiger charge is -2.18. The molecule has 0 fully saturated rings. The molecule has 0 saturated carbocycles. The van der Waals surface area contributed by atoms with E-state index in [0.717, 1.165) is 35.6 Å². The molecule has 0 aliphatic heterocycles. The molecule has 3 N–H and O–H groups in total. The van der Waals surface area contributed by atoms with Crippen molar-refractivity contribution in [1.29, 1.82) is 0 Å². The fraction of sp³-hybridized carbons (Fsp3) is 0.571. The first-order chi connectivity index (χ1) is 8.56.